The van der Waals surface area contributed by atoms with E-state index in [1.807, 2.05) is 11.8 Å². The van der Waals surface area contributed by atoms with Gasteiger partial charge in [0.25, 0.3) is 0 Å². The molecule has 16 heavy (non-hydrogen) atoms. The van der Waals surface area contributed by atoms with Gasteiger partial charge in [-0.15, -0.1) is 11.8 Å². The van der Waals surface area contributed by atoms with Crippen LogP contribution < -0.4 is 0 Å². The summed E-state index contributed by atoms with van der Waals surface area (Å²) in [7, 11) is 0. The van der Waals surface area contributed by atoms with Crippen molar-refractivity contribution in [2.24, 2.45) is 5.41 Å². The lowest BCUT2D eigenvalue weighted by molar-refractivity contribution is 0.359. The van der Waals surface area contributed by atoms with Crippen molar-refractivity contribution >= 4 is 43.6 Å². The van der Waals surface area contributed by atoms with Crippen LogP contribution in [0.15, 0.2) is 33.6 Å². The molecular weight excluding hydrogens is 348 g/mol. The number of thioether (sulfide) groups is 1. The topological polar surface area (TPSA) is 0 Å². The largest absolute Gasteiger partial charge is 0.126 e. The van der Waals surface area contributed by atoms with Crippen molar-refractivity contribution in [3.63, 3.8) is 0 Å². The molecule has 1 aromatic rings. The van der Waals surface area contributed by atoms with E-state index in [1.54, 1.807) is 0 Å². The van der Waals surface area contributed by atoms with Crippen molar-refractivity contribution in [2.75, 3.05) is 11.1 Å². The van der Waals surface area contributed by atoms with Crippen LogP contribution in [-0.2, 0) is 0 Å². The number of hydrogen-bond acceptors (Lipinski definition) is 1. The molecule has 0 heterocycles. The van der Waals surface area contributed by atoms with Gasteiger partial charge in [0.1, 0.15) is 0 Å². The minimum absolute atomic E-state index is 0.437. The Morgan fingerprint density at radius 2 is 1.94 bits per heavy atom. The van der Waals surface area contributed by atoms with E-state index in [4.69, 9.17) is 0 Å². The molecule has 90 valence electrons. The Morgan fingerprint density at radius 3 is 2.44 bits per heavy atom. The third kappa shape index (κ3) is 4.08. The van der Waals surface area contributed by atoms with Gasteiger partial charge < -0.3 is 0 Å². The molecular formula is C13H18Br2S. The van der Waals surface area contributed by atoms with Crippen LogP contribution >= 0.6 is 43.6 Å². The molecule has 0 saturated carbocycles. The lowest BCUT2D eigenvalue weighted by atomic mass is 9.87. The Kier molecular flexibility index (Phi) is 6.45. The molecule has 0 spiro atoms. The van der Waals surface area contributed by atoms with E-state index in [9.17, 15) is 0 Å². The summed E-state index contributed by atoms with van der Waals surface area (Å²) < 4.78 is 1.16. The van der Waals surface area contributed by atoms with Gasteiger partial charge in [-0.05, 0) is 36.5 Å². The molecule has 1 aromatic carbocycles. The summed E-state index contributed by atoms with van der Waals surface area (Å²) in [4.78, 5) is 1.35. The van der Waals surface area contributed by atoms with Gasteiger partial charge in [0, 0.05) is 20.5 Å². The van der Waals surface area contributed by atoms with E-state index in [0.717, 1.165) is 9.80 Å². The number of alkyl halides is 1. The third-order valence-corrected chi connectivity index (χ3v) is 6.15. The van der Waals surface area contributed by atoms with Gasteiger partial charge in [0.05, 0.1) is 0 Å². The molecule has 1 rings (SSSR count). The number of halogens is 2. The molecule has 0 saturated heterocycles. The predicted octanol–water partition coefficient (Wildman–Crippen LogP) is 5.74. The van der Waals surface area contributed by atoms with Crippen molar-refractivity contribution in [3.8, 4) is 0 Å². The van der Waals surface area contributed by atoms with E-state index in [0.29, 0.717) is 5.41 Å². The molecule has 0 N–H and O–H groups in total. The molecule has 0 bridgehead atoms. The zero-order chi connectivity index (χ0) is 12.0. The maximum atomic E-state index is 3.66. The summed E-state index contributed by atoms with van der Waals surface area (Å²) in [6.07, 6.45) is 2.46. The highest BCUT2D eigenvalue weighted by Gasteiger charge is 2.24. The fraction of sp³-hybridized carbons (Fsp3) is 0.538. The summed E-state index contributed by atoms with van der Waals surface area (Å²) >= 11 is 9.13. The maximum absolute atomic E-state index is 3.66. The van der Waals surface area contributed by atoms with Crippen molar-refractivity contribution in [1.29, 1.82) is 0 Å². The normalized spacial score (nSPS) is 11.8. The van der Waals surface area contributed by atoms with Crippen LogP contribution in [0.1, 0.15) is 26.7 Å². The summed E-state index contributed by atoms with van der Waals surface area (Å²) in [5, 5.41) is 1.09. The fourth-order valence-electron chi connectivity index (χ4n) is 1.47. The standard InChI is InChI=1S/C13H18Br2S/c1-3-13(4-2,9-14)10-16-12-7-5-6-11(15)8-12/h5-8H,3-4,9-10H2,1-2H3. The van der Waals surface area contributed by atoms with Gasteiger partial charge in [-0.2, -0.15) is 0 Å². The second-order valence-electron chi connectivity index (χ2n) is 4.09. The quantitative estimate of drug-likeness (QED) is 0.457. The average Bonchev–Trinajstić information content (AvgIpc) is 2.32. The maximum Gasteiger partial charge on any atom is 0.0186 e. The SMILES string of the molecule is CCC(CC)(CBr)CSc1cccc(Br)c1. The molecule has 0 radical (unpaired) electrons. The third-order valence-electron chi connectivity index (χ3n) is 3.12. The average molecular weight is 366 g/mol. The van der Waals surface area contributed by atoms with Crippen LogP contribution in [0.2, 0.25) is 0 Å². The van der Waals surface area contributed by atoms with Crippen LogP contribution in [0, 0.1) is 5.41 Å². The Balaban J connectivity index is 2.62. The van der Waals surface area contributed by atoms with E-state index in [1.165, 1.54) is 23.5 Å². The van der Waals surface area contributed by atoms with Gasteiger partial charge in [-0.25, -0.2) is 0 Å². The van der Waals surface area contributed by atoms with E-state index in [-0.39, 0.29) is 0 Å². The van der Waals surface area contributed by atoms with Crippen LogP contribution in [0.3, 0.4) is 0 Å². The minimum atomic E-state index is 0.437. The summed E-state index contributed by atoms with van der Waals surface area (Å²) in [5.41, 5.74) is 0.437. The van der Waals surface area contributed by atoms with Crippen LogP contribution in [0.5, 0.6) is 0 Å². The fourth-order valence-corrected chi connectivity index (χ4v) is 4.65. The van der Waals surface area contributed by atoms with E-state index in [2.05, 4.69) is 70.0 Å². The molecule has 0 aliphatic carbocycles. The summed E-state index contributed by atoms with van der Waals surface area (Å²) in [5.74, 6) is 1.18. The van der Waals surface area contributed by atoms with E-state index >= 15 is 0 Å². The Hall–Kier alpha value is 0.530. The molecule has 3 heteroatoms. The highest BCUT2D eigenvalue weighted by molar-refractivity contribution is 9.10. The lowest BCUT2D eigenvalue weighted by Crippen LogP contribution is -2.23. The van der Waals surface area contributed by atoms with Gasteiger partial charge >= 0.3 is 0 Å². The zero-order valence-electron chi connectivity index (χ0n) is 9.80. The number of benzene rings is 1. The minimum Gasteiger partial charge on any atom is -0.126 e. The Morgan fingerprint density at radius 1 is 1.25 bits per heavy atom. The van der Waals surface area contributed by atoms with Crippen molar-refractivity contribution in [1.82, 2.24) is 0 Å². The lowest BCUT2D eigenvalue weighted by Gasteiger charge is -2.29. The smallest absolute Gasteiger partial charge is 0.0186 e. The summed E-state index contributed by atoms with van der Waals surface area (Å²) in [6.45, 7) is 4.57. The monoisotopic (exact) mass is 364 g/mol. The highest BCUT2D eigenvalue weighted by Crippen LogP contribution is 2.36. The van der Waals surface area contributed by atoms with Crippen molar-refractivity contribution < 1.29 is 0 Å². The first kappa shape index (κ1) is 14.6. The first-order chi connectivity index (χ1) is 7.65. The Bertz CT molecular complexity index is 313. The number of rotatable bonds is 6. The second kappa shape index (κ2) is 7.07. The molecule has 0 nitrogen and oxygen atoms in total. The molecule has 0 aliphatic rings. The highest BCUT2D eigenvalue weighted by atomic mass is 79.9. The van der Waals surface area contributed by atoms with Gasteiger partial charge in [-0.1, -0.05) is 51.8 Å². The van der Waals surface area contributed by atoms with Gasteiger partial charge in [0.15, 0.2) is 0 Å². The van der Waals surface area contributed by atoms with Gasteiger partial charge in [-0.3, -0.25) is 0 Å². The first-order valence-corrected chi connectivity index (χ1v) is 8.50. The molecule has 0 aliphatic heterocycles. The van der Waals surface area contributed by atoms with Crippen molar-refractivity contribution in [2.45, 2.75) is 31.6 Å². The predicted molar refractivity (Wildman–Crippen MR) is 81.7 cm³/mol. The Labute approximate surface area is 120 Å². The molecule has 0 fully saturated rings. The molecule has 0 atom stereocenters. The molecule has 0 unspecified atom stereocenters. The molecule has 0 aromatic heterocycles. The zero-order valence-corrected chi connectivity index (χ0v) is 13.8. The van der Waals surface area contributed by atoms with E-state index < -0.39 is 0 Å². The number of hydrogen-bond donors (Lipinski definition) is 0. The van der Waals surface area contributed by atoms with Crippen molar-refractivity contribution in [3.05, 3.63) is 28.7 Å². The summed E-state index contributed by atoms with van der Waals surface area (Å²) in [6, 6.07) is 8.54. The molecule has 0 amide bonds. The second-order valence-corrected chi connectivity index (χ2v) is 6.61. The van der Waals surface area contributed by atoms with Crippen LogP contribution in [0.25, 0.3) is 0 Å². The van der Waals surface area contributed by atoms with Crippen LogP contribution in [0.4, 0.5) is 0 Å². The van der Waals surface area contributed by atoms with Crippen LogP contribution in [-0.4, -0.2) is 11.1 Å². The van der Waals surface area contributed by atoms with Gasteiger partial charge in [0.2, 0.25) is 0 Å². The first-order valence-electron chi connectivity index (χ1n) is 5.60.